The van der Waals surface area contributed by atoms with Gasteiger partial charge in [-0.3, -0.25) is 0 Å². The zero-order chi connectivity index (χ0) is 15.0. The van der Waals surface area contributed by atoms with E-state index in [1.54, 1.807) is 4.68 Å². The Hall–Kier alpha value is -1.73. The Morgan fingerprint density at radius 3 is 2.71 bits per heavy atom. The number of hydrogen-bond acceptors (Lipinski definition) is 4. The van der Waals surface area contributed by atoms with E-state index < -0.39 is 0 Å². The maximum Gasteiger partial charge on any atom is 0.187 e. The average molecular weight is 409 g/mol. The van der Waals surface area contributed by atoms with E-state index in [0.717, 1.165) is 25.8 Å². The van der Waals surface area contributed by atoms with Gasteiger partial charge in [0, 0.05) is 20.2 Å². The van der Waals surface area contributed by atoms with Crippen LogP contribution in [0.1, 0.15) is 5.56 Å². The van der Waals surface area contributed by atoms with Crippen molar-refractivity contribution in [3.63, 3.8) is 0 Å². The molecule has 0 unspecified atom stereocenters. The Balaban J connectivity index is 2.17. The van der Waals surface area contributed by atoms with Gasteiger partial charge in [0.05, 0.1) is 5.69 Å². The summed E-state index contributed by atoms with van der Waals surface area (Å²) in [5.74, 6) is 0.639. The second-order valence-corrected chi connectivity index (χ2v) is 6.21. The van der Waals surface area contributed by atoms with Crippen molar-refractivity contribution in [2.45, 2.75) is 6.92 Å². The minimum Gasteiger partial charge on any atom is -0.398 e. The molecule has 0 aliphatic carbocycles. The van der Waals surface area contributed by atoms with Crippen LogP contribution in [-0.4, -0.2) is 20.2 Å². The standard InChI is InChI=1S/C14H11Br2N5/c1-8-3-2-4-12(13(8)16)21-14(18-19-20-21)9-5-6-10(15)11(17)7-9/h2-7H,17H2,1H3. The molecule has 1 aromatic heterocycles. The van der Waals surface area contributed by atoms with E-state index in [2.05, 4.69) is 47.4 Å². The monoisotopic (exact) mass is 407 g/mol. The highest BCUT2D eigenvalue weighted by Gasteiger charge is 2.14. The number of nitrogens with two attached hydrogens (primary N) is 1. The van der Waals surface area contributed by atoms with E-state index in [-0.39, 0.29) is 0 Å². The highest BCUT2D eigenvalue weighted by atomic mass is 79.9. The van der Waals surface area contributed by atoms with Crippen molar-refractivity contribution in [2.75, 3.05) is 5.73 Å². The third-order valence-electron chi connectivity index (χ3n) is 3.12. The number of tetrazole rings is 1. The third kappa shape index (κ3) is 2.58. The van der Waals surface area contributed by atoms with E-state index in [1.807, 2.05) is 43.3 Å². The predicted octanol–water partition coefficient (Wildman–Crippen LogP) is 3.74. The molecule has 0 fully saturated rings. The molecule has 2 N–H and O–H groups in total. The fraction of sp³-hybridized carbons (Fsp3) is 0.0714. The molecule has 0 atom stereocenters. The molecule has 3 aromatic rings. The van der Waals surface area contributed by atoms with Crippen molar-refractivity contribution >= 4 is 37.5 Å². The summed E-state index contributed by atoms with van der Waals surface area (Å²) >= 11 is 6.97. The first-order valence-corrected chi connectivity index (χ1v) is 7.76. The molecule has 0 amide bonds. The molecule has 0 aliphatic heterocycles. The molecule has 106 valence electrons. The van der Waals surface area contributed by atoms with Gasteiger partial charge in [-0.25, -0.2) is 0 Å². The summed E-state index contributed by atoms with van der Waals surface area (Å²) in [5, 5.41) is 12.0. The van der Waals surface area contributed by atoms with Crippen molar-refractivity contribution in [3.05, 3.63) is 50.9 Å². The number of benzene rings is 2. The van der Waals surface area contributed by atoms with Crippen molar-refractivity contribution in [1.82, 2.24) is 20.2 Å². The molecular formula is C14H11Br2N5. The number of nitrogen functional groups attached to an aromatic ring is 1. The Labute approximate surface area is 138 Å². The number of nitrogens with zero attached hydrogens (tertiary/aromatic N) is 4. The smallest absolute Gasteiger partial charge is 0.187 e. The van der Waals surface area contributed by atoms with Gasteiger partial charge in [0.25, 0.3) is 0 Å². The molecule has 0 saturated carbocycles. The van der Waals surface area contributed by atoms with Crippen LogP contribution in [0.2, 0.25) is 0 Å². The van der Waals surface area contributed by atoms with Crippen LogP contribution in [0.4, 0.5) is 5.69 Å². The SMILES string of the molecule is Cc1cccc(-n2nnnc2-c2ccc(Br)c(N)c2)c1Br. The number of anilines is 1. The Bertz CT molecular complexity index is 813. The van der Waals surface area contributed by atoms with Gasteiger partial charge >= 0.3 is 0 Å². The number of hydrogen-bond donors (Lipinski definition) is 1. The van der Waals surface area contributed by atoms with Crippen molar-refractivity contribution < 1.29 is 0 Å². The summed E-state index contributed by atoms with van der Waals surface area (Å²) in [6.07, 6.45) is 0. The van der Waals surface area contributed by atoms with Gasteiger partial charge in [-0.15, -0.1) is 5.10 Å². The normalized spacial score (nSPS) is 10.8. The lowest BCUT2D eigenvalue weighted by molar-refractivity contribution is 0.788. The van der Waals surface area contributed by atoms with Gasteiger partial charge in [-0.2, -0.15) is 4.68 Å². The maximum absolute atomic E-state index is 5.94. The number of aryl methyl sites for hydroxylation is 1. The first kappa shape index (κ1) is 14.2. The van der Waals surface area contributed by atoms with E-state index in [0.29, 0.717) is 11.5 Å². The van der Waals surface area contributed by atoms with Gasteiger partial charge in [0.15, 0.2) is 5.82 Å². The van der Waals surface area contributed by atoms with Crippen LogP contribution in [-0.2, 0) is 0 Å². The maximum atomic E-state index is 5.94. The molecule has 21 heavy (non-hydrogen) atoms. The highest BCUT2D eigenvalue weighted by molar-refractivity contribution is 9.11. The average Bonchev–Trinajstić information content (AvgIpc) is 2.94. The predicted molar refractivity (Wildman–Crippen MR) is 89.1 cm³/mol. The van der Waals surface area contributed by atoms with Crippen molar-refractivity contribution in [3.8, 4) is 17.1 Å². The first-order chi connectivity index (χ1) is 10.1. The minimum atomic E-state index is 0.639. The molecule has 0 saturated heterocycles. The zero-order valence-corrected chi connectivity index (χ0v) is 14.3. The van der Waals surface area contributed by atoms with Crippen molar-refractivity contribution in [2.24, 2.45) is 0 Å². The van der Waals surface area contributed by atoms with Crippen LogP contribution in [0.3, 0.4) is 0 Å². The van der Waals surface area contributed by atoms with Gasteiger partial charge in [0.1, 0.15) is 0 Å². The van der Waals surface area contributed by atoms with Gasteiger partial charge in [-0.1, -0.05) is 12.1 Å². The number of rotatable bonds is 2. The van der Waals surface area contributed by atoms with E-state index in [4.69, 9.17) is 5.73 Å². The summed E-state index contributed by atoms with van der Waals surface area (Å²) in [6.45, 7) is 2.02. The fourth-order valence-corrected chi connectivity index (χ4v) is 2.69. The summed E-state index contributed by atoms with van der Waals surface area (Å²) in [5.41, 5.74) is 9.44. The molecule has 7 heteroatoms. The molecule has 0 aliphatic rings. The summed E-state index contributed by atoms with van der Waals surface area (Å²) in [6, 6.07) is 11.6. The lowest BCUT2D eigenvalue weighted by atomic mass is 10.2. The summed E-state index contributed by atoms with van der Waals surface area (Å²) < 4.78 is 3.50. The zero-order valence-electron chi connectivity index (χ0n) is 11.1. The fourth-order valence-electron chi connectivity index (χ4n) is 2.01. The largest absolute Gasteiger partial charge is 0.398 e. The molecule has 0 radical (unpaired) electrons. The minimum absolute atomic E-state index is 0.639. The Morgan fingerprint density at radius 1 is 1.14 bits per heavy atom. The molecule has 0 spiro atoms. The Kier molecular flexibility index (Phi) is 3.77. The van der Waals surface area contributed by atoms with E-state index in [9.17, 15) is 0 Å². The molecule has 0 bridgehead atoms. The van der Waals surface area contributed by atoms with Gasteiger partial charge in [0.2, 0.25) is 0 Å². The lowest BCUT2D eigenvalue weighted by Crippen LogP contribution is -2.02. The second kappa shape index (κ2) is 5.57. The summed E-state index contributed by atoms with van der Waals surface area (Å²) in [4.78, 5) is 0. The molecule has 2 aromatic carbocycles. The van der Waals surface area contributed by atoms with Crippen LogP contribution in [0.25, 0.3) is 17.1 Å². The van der Waals surface area contributed by atoms with Gasteiger partial charge in [-0.05, 0) is 79.0 Å². The first-order valence-electron chi connectivity index (χ1n) is 6.17. The second-order valence-electron chi connectivity index (χ2n) is 4.56. The van der Waals surface area contributed by atoms with Crippen LogP contribution in [0.15, 0.2) is 45.3 Å². The third-order valence-corrected chi connectivity index (χ3v) is 4.88. The van der Waals surface area contributed by atoms with Crippen LogP contribution < -0.4 is 5.73 Å². The van der Waals surface area contributed by atoms with E-state index in [1.165, 1.54) is 0 Å². The Morgan fingerprint density at radius 2 is 1.95 bits per heavy atom. The number of halogens is 2. The lowest BCUT2D eigenvalue weighted by Gasteiger charge is -2.09. The van der Waals surface area contributed by atoms with Crippen LogP contribution >= 0.6 is 31.9 Å². The summed E-state index contributed by atoms with van der Waals surface area (Å²) in [7, 11) is 0. The molecular weight excluding hydrogens is 398 g/mol. The highest BCUT2D eigenvalue weighted by Crippen LogP contribution is 2.29. The number of aromatic nitrogens is 4. The van der Waals surface area contributed by atoms with Gasteiger partial charge < -0.3 is 5.73 Å². The molecule has 3 rings (SSSR count). The van der Waals surface area contributed by atoms with Crippen LogP contribution in [0, 0.1) is 6.92 Å². The topological polar surface area (TPSA) is 69.6 Å². The van der Waals surface area contributed by atoms with Crippen LogP contribution in [0.5, 0.6) is 0 Å². The molecule has 1 heterocycles. The quantitative estimate of drug-likeness (QED) is 0.655. The molecule has 5 nitrogen and oxygen atoms in total. The van der Waals surface area contributed by atoms with Crippen molar-refractivity contribution in [1.29, 1.82) is 0 Å². The van der Waals surface area contributed by atoms with E-state index >= 15 is 0 Å².